The molecule has 1 atom stereocenters. The highest BCUT2D eigenvalue weighted by Crippen LogP contribution is 2.42. The van der Waals surface area contributed by atoms with Crippen molar-refractivity contribution in [3.63, 3.8) is 0 Å². The van der Waals surface area contributed by atoms with Crippen molar-refractivity contribution < 1.29 is 17.9 Å². The molecule has 4 rings (SSSR count). The van der Waals surface area contributed by atoms with E-state index in [0.29, 0.717) is 12.1 Å². The van der Waals surface area contributed by atoms with Crippen LogP contribution in [0.2, 0.25) is 0 Å². The van der Waals surface area contributed by atoms with Gasteiger partial charge in [0, 0.05) is 5.39 Å². The van der Waals surface area contributed by atoms with Gasteiger partial charge in [-0.25, -0.2) is 8.42 Å². The van der Waals surface area contributed by atoms with Gasteiger partial charge >= 0.3 is 5.97 Å². The average Bonchev–Trinajstić information content (AvgIpc) is 3.07. The Kier molecular flexibility index (Phi) is 4.59. The van der Waals surface area contributed by atoms with Gasteiger partial charge in [-0.05, 0) is 36.4 Å². The number of hydrogen-bond acceptors (Lipinski definition) is 4. The van der Waals surface area contributed by atoms with Crippen LogP contribution in [0.25, 0.3) is 10.8 Å². The lowest BCUT2D eigenvalue weighted by atomic mass is 10.0. The van der Waals surface area contributed by atoms with Gasteiger partial charge in [-0.3, -0.25) is 9.10 Å². The van der Waals surface area contributed by atoms with Gasteiger partial charge in [0.25, 0.3) is 10.0 Å². The average molecular weight is 395 g/mol. The first-order valence-corrected chi connectivity index (χ1v) is 10.5. The maximum Gasteiger partial charge on any atom is 0.307 e. The van der Waals surface area contributed by atoms with Gasteiger partial charge in [-0.2, -0.15) is 0 Å². The van der Waals surface area contributed by atoms with Crippen LogP contribution in [0.3, 0.4) is 0 Å². The Bertz CT molecular complexity index is 1150. The monoisotopic (exact) mass is 395 g/mol. The number of sulfonamides is 1. The molecule has 28 heavy (non-hydrogen) atoms. The molecule has 0 spiro atoms. The molecule has 0 fully saturated rings. The summed E-state index contributed by atoms with van der Waals surface area (Å²) in [5.41, 5.74) is 2.56. The van der Waals surface area contributed by atoms with E-state index in [4.69, 9.17) is 4.74 Å². The molecule has 1 aliphatic heterocycles. The molecule has 0 N–H and O–H groups in total. The minimum atomic E-state index is -3.84. The summed E-state index contributed by atoms with van der Waals surface area (Å²) in [6.45, 7) is 1.91. The molecule has 1 heterocycles. The van der Waals surface area contributed by atoms with Crippen molar-refractivity contribution in [3.05, 3.63) is 71.8 Å². The van der Waals surface area contributed by atoms with E-state index >= 15 is 0 Å². The second-order valence-electron chi connectivity index (χ2n) is 7.05. The molecule has 0 amide bonds. The fourth-order valence-electron chi connectivity index (χ4n) is 3.82. The van der Waals surface area contributed by atoms with Crippen molar-refractivity contribution in [2.24, 2.45) is 0 Å². The van der Waals surface area contributed by atoms with Gasteiger partial charge in [0.1, 0.15) is 0 Å². The number of fused-ring (bicyclic) bond motifs is 3. The van der Waals surface area contributed by atoms with E-state index in [9.17, 15) is 13.2 Å². The lowest BCUT2D eigenvalue weighted by Crippen LogP contribution is -2.39. The van der Waals surface area contributed by atoms with Crippen LogP contribution in [0, 0.1) is 6.92 Å². The summed E-state index contributed by atoms with van der Waals surface area (Å²) in [5.74, 6) is -0.425. The quantitative estimate of drug-likeness (QED) is 0.630. The topological polar surface area (TPSA) is 63.7 Å². The number of aryl methyl sites for hydroxylation is 1. The van der Waals surface area contributed by atoms with Crippen molar-refractivity contribution in [1.29, 1.82) is 0 Å². The molecule has 1 aliphatic rings. The third-order valence-corrected chi connectivity index (χ3v) is 7.07. The summed E-state index contributed by atoms with van der Waals surface area (Å²) < 4.78 is 33.5. The molecular weight excluding hydrogens is 374 g/mol. The number of hydrogen-bond donors (Lipinski definition) is 0. The molecule has 0 aromatic heterocycles. The van der Waals surface area contributed by atoms with E-state index in [0.717, 1.165) is 21.9 Å². The lowest BCUT2D eigenvalue weighted by Gasteiger charge is -2.27. The maximum absolute atomic E-state index is 13.6. The predicted molar refractivity (Wildman–Crippen MR) is 109 cm³/mol. The van der Waals surface area contributed by atoms with Crippen molar-refractivity contribution in [1.82, 2.24) is 0 Å². The molecule has 0 radical (unpaired) electrons. The Morgan fingerprint density at radius 3 is 2.50 bits per heavy atom. The summed E-state index contributed by atoms with van der Waals surface area (Å²) >= 11 is 0. The molecule has 144 valence electrons. The number of ether oxygens (including phenoxy) is 1. The Morgan fingerprint density at radius 1 is 1.07 bits per heavy atom. The Balaban J connectivity index is 1.92. The van der Waals surface area contributed by atoms with Gasteiger partial charge < -0.3 is 4.74 Å². The minimum absolute atomic E-state index is 0.00456. The van der Waals surface area contributed by atoms with Gasteiger partial charge in [0.15, 0.2) is 0 Å². The molecule has 0 saturated carbocycles. The summed E-state index contributed by atoms with van der Waals surface area (Å²) in [6, 6.07) is 17.9. The highest BCUT2D eigenvalue weighted by atomic mass is 32.2. The molecule has 5 nitrogen and oxygen atoms in total. The third kappa shape index (κ3) is 3.03. The minimum Gasteiger partial charge on any atom is -0.469 e. The van der Waals surface area contributed by atoms with Crippen LogP contribution >= 0.6 is 0 Å². The zero-order valence-electron chi connectivity index (χ0n) is 15.8. The predicted octanol–water partition coefficient (Wildman–Crippen LogP) is 3.83. The first kappa shape index (κ1) is 18.5. The summed E-state index contributed by atoms with van der Waals surface area (Å²) in [5, 5.41) is 1.83. The zero-order chi connectivity index (χ0) is 19.9. The molecule has 0 bridgehead atoms. The molecule has 0 aliphatic carbocycles. The summed E-state index contributed by atoms with van der Waals surface area (Å²) in [6.07, 6.45) is 0.477. The largest absolute Gasteiger partial charge is 0.469 e. The molecular formula is C22H21NO4S. The highest BCUT2D eigenvalue weighted by molar-refractivity contribution is 7.93. The molecule has 3 aromatic rings. The van der Waals surface area contributed by atoms with Crippen LogP contribution in [0.5, 0.6) is 0 Å². The van der Waals surface area contributed by atoms with E-state index in [1.807, 2.05) is 43.3 Å². The van der Waals surface area contributed by atoms with Crippen molar-refractivity contribution in [2.75, 3.05) is 11.4 Å². The fraction of sp³-hybridized carbons (Fsp3) is 0.227. The van der Waals surface area contributed by atoms with Crippen LogP contribution in [0.4, 0.5) is 5.69 Å². The number of carbonyl (C=O) groups is 1. The van der Waals surface area contributed by atoms with Crippen LogP contribution < -0.4 is 4.31 Å². The normalized spacial score (nSPS) is 16.2. The number of anilines is 1. The zero-order valence-corrected chi connectivity index (χ0v) is 16.6. The Hall–Kier alpha value is -2.86. The van der Waals surface area contributed by atoms with Crippen LogP contribution in [-0.4, -0.2) is 27.5 Å². The maximum atomic E-state index is 13.6. The second kappa shape index (κ2) is 6.95. The number of benzene rings is 3. The smallest absolute Gasteiger partial charge is 0.307 e. The van der Waals surface area contributed by atoms with Crippen LogP contribution in [-0.2, 0) is 26.0 Å². The fourth-order valence-corrected chi connectivity index (χ4v) is 5.52. The van der Waals surface area contributed by atoms with Gasteiger partial charge in [0.05, 0.1) is 30.2 Å². The number of nitrogens with zero attached hydrogens (tertiary/aromatic N) is 1. The van der Waals surface area contributed by atoms with Crippen LogP contribution in [0.1, 0.15) is 17.5 Å². The van der Waals surface area contributed by atoms with Gasteiger partial charge in [0.2, 0.25) is 0 Å². The molecule has 0 unspecified atom stereocenters. The van der Waals surface area contributed by atoms with Crippen molar-refractivity contribution in [3.8, 4) is 0 Å². The first-order valence-electron chi connectivity index (χ1n) is 9.10. The number of methoxy groups -OCH3 is 1. The summed E-state index contributed by atoms with van der Waals surface area (Å²) in [4.78, 5) is 12.2. The number of carbonyl (C=O) groups excluding carboxylic acids is 1. The van der Waals surface area contributed by atoms with Crippen LogP contribution in [0.15, 0.2) is 65.6 Å². The van der Waals surface area contributed by atoms with Crippen molar-refractivity contribution >= 4 is 32.5 Å². The Labute approximate surface area is 164 Å². The highest BCUT2D eigenvalue weighted by Gasteiger charge is 2.40. The standard InChI is InChI=1S/C22H21NO4S/c1-15-7-11-19(12-8-15)28(25,26)23-18(14-21(24)27-2)13-17-10-9-16-5-3-4-6-20(16)22(17)23/h3-12,18H,13-14H2,1-2H3/t18-/m0/s1. The third-order valence-electron chi connectivity index (χ3n) is 5.20. The van der Waals surface area contributed by atoms with E-state index < -0.39 is 22.0 Å². The Morgan fingerprint density at radius 2 is 1.79 bits per heavy atom. The van der Waals surface area contributed by atoms with Gasteiger partial charge in [-0.15, -0.1) is 0 Å². The van der Waals surface area contributed by atoms with E-state index in [2.05, 4.69) is 0 Å². The van der Waals surface area contributed by atoms with Gasteiger partial charge in [-0.1, -0.05) is 54.1 Å². The molecule has 6 heteroatoms. The van der Waals surface area contributed by atoms with Crippen molar-refractivity contribution in [2.45, 2.75) is 30.7 Å². The SMILES string of the molecule is COC(=O)C[C@@H]1Cc2ccc3ccccc3c2N1S(=O)(=O)c1ccc(C)cc1. The molecule has 3 aromatic carbocycles. The first-order chi connectivity index (χ1) is 13.4. The second-order valence-corrected chi connectivity index (χ2v) is 8.86. The summed E-state index contributed by atoms with van der Waals surface area (Å²) in [7, 11) is -2.52. The molecule has 0 saturated heterocycles. The van der Waals surface area contributed by atoms with E-state index in [1.54, 1.807) is 24.3 Å². The number of esters is 1. The van der Waals surface area contributed by atoms with E-state index in [1.165, 1.54) is 11.4 Å². The van der Waals surface area contributed by atoms with E-state index in [-0.39, 0.29) is 11.3 Å². The number of rotatable bonds is 4. The lowest BCUT2D eigenvalue weighted by molar-refractivity contribution is -0.140.